The van der Waals surface area contributed by atoms with Gasteiger partial charge in [0.2, 0.25) is 0 Å². The van der Waals surface area contributed by atoms with Gasteiger partial charge in [0.05, 0.1) is 21.7 Å². The molecule has 2 aliphatic rings. The number of nitrogens with two attached hydrogens (primary N) is 1. The number of thiophene rings is 1. The third-order valence-electron chi connectivity index (χ3n) is 6.12. The minimum atomic E-state index is -0.558. The minimum absolute atomic E-state index is 0.139. The van der Waals surface area contributed by atoms with E-state index in [9.17, 15) is 19.7 Å². The Labute approximate surface area is 184 Å². The number of fused-ring (bicyclic) bond motifs is 1. The highest BCUT2D eigenvalue weighted by atomic mass is 32.1. The number of nitro benzene ring substituents is 1. The first-order chi connectivity index (χ1) is 14.8. The minimum Gasteiger partial charge on any atom is -0.371 e. The van der Waals surface area contributed by atoms with E-state index >= 15 is 0 Å². The van der Waals surface area contributed by atoms with Gasteiger partial charge in [0.25, 0.3) is 17.5 Å². The van der Waals surface area contributed by atoms with Crippen LogP contribution in [0.15, 0.2) is 18.2 Å². The molecule has 4 rings (SSSR count). The molecule has 1 atom stereocenters. The number of piperidine rings is 1. The van der Waals surface area contributed by atoms with Crippen LogP contribution in [0.1, 0.15) is 63.8 Å². The molecule has 1 aromatic heterocycles. The molecule has 2 amide bonds. The average Bonchev–Trinajstić information content (AvgIpc) is 3.10. The van der Waals surface area contributed by atoms with Crippen LogP contribution in [0.25, 0.3) is 0 Å². The van der Waals surface area contributed by atoms with Crippen molar-refractivity contribution in [2.24, 2.45) is 11.7 Å². The first-order valence-electron chi connectivity index (χ1n) is 10.6. The molecule has 0 saturated carbocycles. The van der Waals surface area contributed by atoms with Gasteiger partial charge in [-0.15, -0.1) is 11.3 Å². The van der Waals surface area contributed by atoms with Crippen LogP contribution in [0, 0.1) is 16.0 Å². The number of hydrogen-bond donors (Lipinski definition) is 2. The number of rotatable bonds is 5. The molecule has 164 valence electrons. The van der Waals surface area contributed by atoms with Crippen LogP contribution < -0.4 is 16.0 Å². The predicted octanol–water partition coefficient (Wildman–Crippen LogP) is 4.12. The number of primary amides is 1. The van der Waals surface area contributed by atoms with E-state index < -0.39 is 16.7 Å². The molecule has 1 fully saturated rings. The van der Waals surface area contributed by atoms with Gasteiger partial charge in [-0.2, -0.15) is 0 Å². The molecule has 8 nitrogen and oxygen atoms in total. The van der Waals surface area contributed by atoms with E-state index in [1.165, 1.54) is 23.5 Å². The predicted molar refractivity (Wildman–Crippen MR) is 121 cm³/mol. The Kier molecular flexibility index (Phi) is 5.95. The Morgan fingerprint density at radius 2 is 2.00 bits per heavy atom. The van der Waals surface area contributed by atoms with Crippen LogP contribution in [0.4, 0.5) is 16.4 Å². The molecule has 2 aromatic rings. The fourth-order valence-corrected chi connectivity index (χ4v) is 5.91. The van der Waals surface area contributed by atoms with E-state index in [4.69, 9.17) is 5.73 Å². The number of hydrogen-bond acceptors (Lipinski definition) is 6. The molecule has 0 unspecified atom stereocenters. The second-order valence-corrected chi connectivity index (χ2v) is 9.49. The molecule has 31 heavy (non-hydrogen) atoms. The summed E-state index contributed by atoms with van der Waals surface area (Å²) in [6, 6.07) is 4.40. The summed E-state index contributed by atoms with van der Waals surface area (Å²) in [6.45, 7) is 3.77. The van der Waals surface area contributed by atoms with E-state index in [1.54, 1.807) is 6.07 Å². The van der Waals surface area contributed by atoms with Gasteiger partial charge >= 0.3 is 0 Å². The van der Waals surface area contributed by atoms with Crippen molar-refractivity contribution in [1.82, 2.24) is 0 Å². The molecule has 0 spiro atoms. The molecular weight excluding hydrogens is 416 g/mol. The van der Waals surface area contributed by atoms with Crippen LogP contribution in [0.5, 0.6) is 0 Å². The van der Waals surface area contributed by atoms with E-state index in [2.05, 4.69) is 17.1 Å². The average molecular weight is 443 g/mol. The second kappa shape index (κ2) is 8.66. The number of carbonyl (C=O) groups is 2. The Hall–Kier alpha value is -2.94. The first-order valence-corrected chi connectivity index (χ1v) is 11.5. The van der Waals surface area contributed by atoms with E-state index in [0.29, 0.717) is 22.2 Å². The maximum atomic E-state index is 13.3. The van der Waals surface area contributed by atoms with Crippen LogP contribution in [-0.4, -0.2) is 29.8 Å². The molecule has 1 saturated heterocycles. The van der Waals surface area contributed by atoms with Crippen molar-refractivity contribution in [3.05, 3.63) is 49.9 Å². The molecule has 0 bridgehead atoms. The van der Waals surface area contributed by atoms with Crippen molar-refractivity contribution >= 4 is 39.5 Å². The monoisotopic (exact) mass is 442 g/mol. The van der Waals surface area contributed by atoms with Gasteiger partial charge in [0.1, 0.15) is 5.00 Å². The lowest BCUT2D eigenvalue weighted by Gasteiger charge is -2.30. The van der Waals surface area contributed by atoms with Gasteiger partial charge in [-0.25, -0.2) is 0 Å². The highest BCUT2D eigenvalue weighted by molar-refractivity contribution is 7.17. The van der Waals surface area contributed by atoms with Gasteiger partial charge in [0.15, 0.2) is 0 Å². The summed E-state index contributed by atoms with van der Waals surface area (Å²) in [5.41, 5.74) is 7.76. The van der Waals surface area contributed by atoms with Crippen LogP contribution in [0.2, 0.25) is 0 Å². The third kappa shape index (κ3) is 4.27. The summed E-state index contributed by atoms with van der Waals surface area (Å²) >= 11 is 1.39. The maximum absolute atomic E-state index is 13.3. The zero-order chi connectivity index (χ0) is 22.1. The molecule has 9 heteroatoms. The number of nitrogens with one attached hydrogen (secondary N) is 1. The smallest absolute Gasteiger partial charge is 0.270 e. The molecule has 1 aliphatic carbocycles. The van der Waals surface area contributed by atoms with Gasteiger partial charge in [-0.1, -0.05) is 6.92 Å². The van der Waals surface area contributed by atoms with Crippen molar-refractivity contribution in [2.75, 3.05) is 23.3 Å². The molecule has 1 aromatic carbocycles. The number of carbonyl (C=O) groups excluding carboxylic acids is 2. The van der Waals surface area contributed by atoms with E-state index in [0.717, 1.165) is 62.1 Å². The molecule has 1 aliphatic heterocycles. The Morgan fingerprint density at radius 1 is 1.26 bits per heavy atom. The quantitative estimate of drug-likeness (QED) is 0.533. The Morgan fingerprint density at radius 3 is 2.68 bits per heavy atom. The van der Waals surface area contributed by atoms with Crippen molar-refractivity contribution in [2.45, 2.75) is 45.4 Å². The van der Waals surface area contributed by atoms with Crippen LogP contribution in [-0.2, 0) is 12.8 Å². The lowest BCUT2D eigenvalue weighted by atomic mass is 9.88. The normalized spacial score (nSPS) is 18.4. The summed E-state index contributed by atoms with van der Waals surface area (Å²) < 4.78 is 0. The lowest BCUT2D eigenvalue weighted by Crippen LogP contribution is -2.31. The molecule has 2 heterocycles. The number of non-ortho nitro benzene ring substituents is 1. The fraction of sp³-hybridized carbons (Fsp3) is 0.455. The van der Waals surface area contributed by atoms with Gasteiger partial charge in [-0.05, 0) is 56.1 Å². The SMILES string of the molecule is C[C@@H]1CCc2c(sc(NC(=O)c3cc([N+](=O)[O-])ccc3N3CCCCC3)c2C(N)=O)C1. The number of nitrogens with zero attached hydrogens (tertiary/aromatic N) is 2. The Bertz CT molecular complexity index is 1040. The summed E-state index contributed by atoms with van der Waals surface area (Å²) in [5.74, 6) is -0.506. The summed E-state index contributed by atoms with van der Waals surface area (Å²) in [6.07, 6.45) is 5.75. The zero-order valence-corrected chi connectivity index (χ0v) is 18.3. The first kappa shape index (κ1) is 21.3. The van der Waals surface area contributed by atoms with Crippen molar-refractivity contribution in [3.8, 4) is 0 Å². The summed E-state index contributed by atoms with van der Waals surface area (Å²) in [7, 11) is 0. The fourth-order valence-electron chi connectivity index (χ4n) is 4.50. The van der Waals surface area contributed by atoms with E-state index in [1.807, 2.05) is 0 Å². The highest BCUT2D eigenvalue weighted by Crippen LogP contribution is 2.40. The molecule has 3 N–H and O–H groups in total. The van der Waals surface area contributed by atoms with Crippen molar-refractivity contribution in [1.29, 1.82) is 0 Å². The van der Waals surface area contributed by atoms with Crippen LogP contribution in [0.3, 0.4) is 0 Å². The highest BCUT2D eigenvalue weighted by Gasteiger charge is 2.29. The largest absolute Gasteiger partial charge is 0.371 e. The van der Waals surface area contributed by atoms with Gasteiger partial charge in [-0.3, -0.25) is 19.7 Å². The number of amides is 2. The molecule has 0 radical (unpaired) electrons. The van der Waals surface area contributed by atoms with Gasteiger partial charge in [0, 0.05) is 30.1 Å². The number of anilines is 2. The zero-order valence-electron chi connectivity index (χ0n) is 17.5. The molecular formula is C22H26N4O4S. The Balaban J connectivity index is 1.71. The topological polar surface area (TPSA) is 119 Å². The summed E-state index contributed by atoms with van der Waals surface area (Å²) in [5, 5.41) is 14.6. The lowest BCUT2D eigenvalue weighted by molar-refractivity contribution is -0.384. The maximum Gasteiger partial charge on any atom is 0.270 e. The summed E-state index contributed by atoms with van der Waals surface area (Å²) in [4.78, 5) is 39.5. The standard InChI is InChI=1S/C22H26N4O4S/c1-13-5-7-15-18(11-13)31-22(19(15)20(23)27)24-21(28)16-12-14(26(29)30)6-8-17(16)25-9-3-2-4-10-25/h6,8,12-13H,2-5,7,9-11H2,1H3,(H2,23,27)(H,24,28)/t13-/m1/s1. The van der Waals surface area contributed by atoms with Crippen molar-refractivity contribution < 1.29 is 14.5 Å². The number of nitro groups is 1. The second-order valence-electron chi connectivity index (χ2n) is 8.38. The van der Waals surface area contributed by atoms with E-state index in [-0.39, 0.29) is 11.3 Å². The van der Waals surface area contributed by atoms with Gasteiger partial charge < -0.3 is 16.0 Å². The number of benzene rings is 1. The van der Waals surface area contributed by atoms with Crippen LogP contribution >= 0.6 is 11.3 Å². The third-order valence-corrected chi connectivity index (χ3v) is 7.29. The van der Waals surface area contributed by atoms with Crippen molar-refractivity contribution in [3.63, 3.8) is 0 Å².